The molecule has 0 radical (unpaired) electrons. The lowest BCUT2D eigenvalue weighted by Crippen LogP contribution is -2.48. The van der Waals surface area contributed by atoms with Gasteiger partial charge in [0.1, 0.15) is 5.75 Å². The van der Waals surface area contributed by atoms with E-state index in [1.807, 2.05) is 30.4 Å². The van der Waals surface area contributed by atoms with Gasteiger partial charge in [-0.05, 0) is 121 Å². The molecule has 0 aliphatic heterocycles. The molecule has 418 valence electrons. The SMILES string of the molecule is C=CC=C[C@H](C)[C@H](OCc1ccc(OC)cc1)[C@@H](C)[C@@H](CCCC[C@H](C)[C@@H](O[Si](C)(C)C(C)(C)C)[C@@H](C)C=C[C@H](C[C@H](O[Si](C)(C)C(C)(C)C)[C@H](C)C=CCO)O[Si](C)(C)C(C)(C)C)O[Si](C)(C)C(C)(C)C. The Morgan fingerprint density at radius 2 is 1.01 bits per heavy atom. The summed E-state index contributed by atoms with van der Waals surface area (Å²) in [4.78, 5) is 0. The van der Waals surface area contributed by atoms with Crippen LogP contribution in [-0.2, 0) is 29.0 Å². The van der Waals surface area contributed by atoms with Crippen LogP contribution in [0.15, 0.2) is 73.4 Å². The third-order valence-electron chi connectivity index (χ3n) is 17.5. The number of benzene rings is 1. The third kappa shape index (κ3) is 21.9. The summed E-state index contributed by atoms with van der Waals surface area (Å²) in [5.74, 6) is 1.77. The molecule has 0 saturated carbocycles. The van der Waals surface area contributed by atoms with Gasteiger partial charge in [0.15, 0.2) is 33.3 Å². The van der Waals surface area contributed by atoms with E-state index in [2.05, 4.69) is 213 Å². The van der Waals surface area contributed by atoms with Gasteiger partial charge in [-0.3, -0.25) is 0 Å². The molecule has 11 heteroatoms. The molecule has 1 rings (SSSR count). The van der Waals surface area contributed by atoms with Crippen LogP contribution in [0, 0.1) is 29.6 Å². The number of hydrogen-bond donors (Lipinski definition) is 1. The van der Waals surface area contributed by atoms with Crippen LogP contribution in [0.1, 0.15) is 155 Å². The summed E-state index contributed by atoms with van der Waals surface area (Å²) >= 11 is 0. The van der Waals surface area contributed by atoms with Crippen molar-refractivity contribution >= 4 is 33.3 Å². The normalized spacial score (nSPS) is 18.5. The van der Waals surface area contributed by atoms with E-state index < -0.39 is 33.3 Å². The fraction of sp³-hybridized carbons (Fsp3) is 0.770. The predicted octanol–water partition coefficient (Wildman–Crippen LogP) is 18.1. The molecular formula is C61H116O7Si4. The monoisotopic (exact) mass is 1070 g/mol. The number of hydrogen-bond acceptors (Lipinski definition) is 7. The highest BCUT2D eigenvalue weighted by molar-refractivity contribution is 6.75. The number of aliphatic hydroxyl groups is 1. The van der Waals surface area contributed by atoms with Gasteiger partial charge >= 0.3 is 0 Å². The van der Waals surface area contributed by atoms with Gasteiger partial charge in [0, 0.05) is 18.3 Å². The lowest BCUT2D eigenvalue weighted by molar-refractivity contribution is -0.0544. The maximum atomic E-state index is 9.79. The second kappa shape index (κ2) is 28.8. The minimum absolute atomic E-state index is 0.0195. The van der Waals surface area contributed by atoms with E-state index in [4.69, 9.17) is 27.2 Å². The summed E-state index contributed by atoms with van der Waals surface area (Å²) in [6.07, 6.45) is 19.7. The minimum atomic E-state index is -2.19. The summed E-state index contributed by atoms with van der Waals surface area (Å²) in [6.45, 7) is 63.1. The summed E-state index contributed by atoms with van der Waals surface area (Å²) in [5, 5.41) is 10.0. The first-order valence-corrected chi connectivity index (χ1v) is 39.5. The standard InChI is InChI=1S/C61H116O7Si4/c1-28-29-33-48(4)57(64-45-51-38-41-52(63-19)42-39-51)50(6)54(66-70(22,23)59(10,11)12)36-31-30-34-47(3)56(68-72(26,27)61(16,17)18)49(5)37-40-53(65-69(20,21)58(7,8)9)44-55(46(2)35-32-43-62)67-71(24,25)60(13,14)15/h28-29,32-33,35,37-42,46-50,53-57,62H,1,30-31,34,36,43-45H2,2-27H3/t46-,47+,48+,49+,50+,53-,54-,55+,56-,57+/m1/s1. The maximum Gasteiger partial charge on any atom is 0.192 e. The highest BCUT2D eigenvalue weighted by Crippen LogP contribution is 2.44. The van der Waals surface area contributed by atoms with Gasteiger partial charge < -0.3 is 32.3 Å². The zero-order valence-corrected chi connectivity index (χ0v) is 55.7. The van der Waals surface area contributed by atoms with Crippen LogP contribution in [0.4, 0.5) is 0 Å². The topological polar surface area (TPSA) is 75.6 Å². The first-order valence-electron chi connectivity index (χ1n) is 27.9. The lowest BCUT2D eigenvalue weighted by atomic mass is 9.85. The highest BCUT2D eigenvalue weighted by Gasteiger charge is 2.45. The van der Waals surface area contributed by atoms with Crippen LogP contribution in [0.2, 0.25) is 72.5 Å². The van der Waals surface area contributed by atoms with Gasteiger partial charge in [0.2, 0.25) is 0 Å². The number of ether oxygens (including phenoxy) is 2. The summed E-state index contributed by atoms with van der Waals surface area (Å²) < 4.78 is 41.9. The van der Waals surface area contributed by atoms with Crippen LogP contribution >= 0.6 is 0 Å². The fourth-order valence-corrected chi connectivity index (χ4v) is 13.8. The Hall–Kier alpha value is -1.39. The molecule has 1 N–H and O–H groups in total. The second-order valence-corrected chi connectivity index (χ2v) is 46.8. The Labute approximate surface area is 450 Å². The summed E-state index contributed by atoms with van der Waals surface area (Å²) in [7, 11) is -6.92. The molecule has 0 aromatic heterocycles. The molecule has 0 aliphatic carbocycles. The fourth-order valence-electron chi connectivity index (χ4n) is 8.17. The van der Waals surface area contributed by atoms with Gasteiger partial charge in [-0.2, -0.15) is 0 Å². The Morgan fingerprint density at radius 1 is 0.556 bits per heavy atom. The van der Waals surface area contributed by atoms with Crippen LogP contribution in [-0.4, -0.2) is 82.6 Å². The average Bonchev–Trinajstić information content (AvgIpc) is 3.24. The zero-order chi connectivity index (χ0) is 55.9. The molecule has 1 aromatic carbocycles. The minimum Gasteiger partial charge on any atom is -0.497 e. The molecule has 7 nitrogen and oxygen atoms in total. The molecule has 72 heavy (non-hydrogen) atoms. The molecule has 0 bridgehead atoms. The number of rotatable bonds is 31. The van der Waals surface area contributed by atoms with E-state index in [0.717, 1.165) is 43.4 Å². The smallest absolute Gasteiger partial charge is 0.192 e. The molecule has 1 aromatic rings. The number of methoxy groups -OCH3 is 1. The maximum absolute atomic E-state index is 9.79. The van der Waals surface area contributed by atoms with E-state index in [1.54, 1.807) is 7.11 Å². The van der Waals surface area contributed by atoms with Crippen LogP contribution < -0.4 is 4.74 Å². The molecule has 0 fully saturated rings. The predicted molar refractivity (Wildman–Crippen MR) is 323 cm³/mol. The first kappa shape index (κ1) is 68.6. The number of aliphatic hydroxyl groups excluding tert-OH is 1. The molecule has 0 heterocycles. The van der Waals surface area contributed by atoms with Gasteiger partial charge in [-0.1, -0.05) is 192 Å². The van der Waals surface area contributed by atoms with Gasteiger partial charge in [0.25, 0.3) is 0 Å². The van der Waals surface area contributed by atoms with E-state index in [-0.39, 0.29) is 81.0 Å². The largest absolute Gasteiger partial charge is 0.497 e. The van der Waals surface area contributed by atoms with Crippen LogP contribution in [0.3, 0.4) is 0 Å². The second-order valence-electron chi connectivity index (χ2n) is 27.8. The van der Waals surface area contributed by atoms with E-state index in [9.17, 15) is 5.11 Å². The van der Waals surface area contributed by atoms with Gasteiger partial charge in [-0.15, -0.1) is 0 Å². The van der Waals surface area contributed by atoms with Gasteiger partial charge in [0.05, 0.1) is 50.8 Å². The Balaban J connectivity index is 3.70. The van der Waals surface area contributed by atoms with Crippen molar-refractivity contribution in [2.24, 2.45) is 29.6 Å². The van der Waals surface area contributed by atoms with Crippen molar-refractivity contribution in [1.29, 1.82) is 0 Å². The Morgan fingerprint density at radius 3 is 1.49 bits per heavy atom. The lowest BCUT2D eigenvalue weighted by Gasteiger charge is -2.44. The van der Waals surface area contributed by atoms with Crippen molar-refractivity contribution in [3.05, 3.63) is 78.9 Å². The summed E-state index contributed by atoms with van der Waals surface area (Å²) in [5.41, 5.74) is 1.13. The first-order chi connectivity index (χ1) is 32.7. The van der Waals surface area contributed by atoms with Crippen LogP contribution in [0.25, 0.3) is 0 Å². The quantitative estimate of drug-likeness (QED) is 0.0344. The van der Waals surface area contributed by atoms with E-state index in [1.165, 1.54) is 0 Å². The van der Waals surface area contributed by atoms with Crippen molar-refractivity contribution in [1.82, 2.24) is 0 Å². The Kier molecular flexibility index (Phi) is 27.5. The molecule has 10 atom stereocenters. The van der Waals surface area contributed by atoms with Crippen LogP contribution in [0.5, 0.6) is 5.75 Å². The van der Waals surface area contributed by atoms with Gasteiger partial charge in [-0.25, -0.2) is 0 Å². The van der Waals surface area contributed by atoms with Crippen molar-refractivity contribution in [2.75, 3.05) is 13.7 Å². The molecule has 0 amide bonds. The molecule has 0 spiro atoms. The molecule has 0 saturated heterocycles. The third-order valence-corrected chi connectivity index (χ3v) is 35.5. The average molecular weight is 1070 g/mol. The molecular weight excluding hydrogens is 957 g/mol. The molecule has 0 unspecified atom stereocenters. The Bertz CT molecular complexity index is 1790. The molecule has 0 aliphatic rings. The van der Waals surface area contributed by atoms with E-state index in [0.29, 0.717) is 12.5 Å². The number of unbranched alkanes of at least 4 members (excludes halogenated alkanes) is 1. The zero-order valence-electron chi connectivity index (χ0n) is 51.7. The van der Waals surface area contributed by atoms with Crippen molar-refractivity contribution in [3.63, 3.8) is 0 Å². The van der Waals surface area contributed by atoms with Crippen molar-refractivity contribution < 1.29 is 32.3 Å². The number of allylic oxidation sites excluding steroid dienone is 2. The summed E-state index contributed by atoms with van der Waals surface area (Å²) in [6, 6.07) is 8.20. The highest BCUT2D eigenvalue weighted by atomic mass is 28.4. The van der Waals surface area contributed by atoms with E-state index >= 15 is 0 Å². The van der Waals surface area contributed by atoms with Crippen molar-refractivity contribution in [2.45, 2.75) is 259 Å². The van der Waals surface area contributed by atoms with Crippen molar-refractivity contribution in [3.8, 4) is 5.75 Å².